The minimum Gasteiger partial charge on any atom is -0.481 e. The third-order valence-corrected chi connectivity index (χ3v) is 3.19. The maximum absolute atomic E-state index is 10.7. The Morgan fingerprint density at radius 1 is 1.50 bits per heavy atom. The van der Waals surface area contributed by atoms with E-state index >= 15 is 0 Å². The van der Waals surface area contributed by atoms with Gasteiger partial charge >= 0.3 is 5.97 Å². The molecule has 1 aliphatic rings. The third-order valence-electron chi connectivity index (χ3n) is 3.19. The molecule has 4 heteroatoms. The SMILES string of the molecule is CC(O)C(C)(C)NC1CCC1C(=O)O. The third kappa shape index (κ3) is 2.25. The molecule has 0 bridgehead atoms. The Morgan fingerprint density at radius 2 is 2.07 bits per heavy atom. The van der Waals surface area contributed by atoms with Crippen molar-refractivity contribution in [3.63, 3.8) is 0 Å². The predicted molar refractivity (Wildman–Crippen MR) is 53.0 cm³/mol. The molecule has 1 fully saturated rings. The molecule has 0 amide bonds. The monoisotopic (exact) mass is 201 g/mol. The van der Waals surface area contributed by atoms with Crippen LogP contribution in [0, 0.1) is 5.92 Å². The number of aliphatic hydroxyl groups excluding tert-OH is 1. The van der Waals surface area contributed by atoms with Gasteiger partial charge in [0.05, 0.1) is 12.0 Å². The molecule has 0 aromatic heterocycles. The van der Waals surface area contributed by atoms with Crippen LogP contribution < -0.4 is 5.32 Å². The molecule has 0 saturated heterocycles. The number of rotatable bonds is 4. The molecule has 4 nitrogen and oxygen atoms in total. The zero-order valence-electron chi connectivity index (χ0n) is 8.95. The van der Waals surface area contributed by atoms with E-state index in [0.29, 0.717) is 0 Å². The van der Waals surface area contributed by atoms with Crippen molar-refractivity contribution in [2.24, 2.45) is 5.92 Å². The lowest BCUT2D eigenvalue weighted by Crippen LogP contribution is -2.59. The van der Waals surface area contributed by atoms with Gasteiger partial charge in [0.1, 0.15) is 0 Å². The zero-order valence-corrected chi connectivity index (χ0v) is 8.95. The first-order valence-electron chi connectivity index (χ1n) is 5.03. The van der Waals surface area contributed by atoms with Crippen molar-refractivity contribution >= 4 is 5.97 Å². The highest BCUT2D eigenvalue weighted by molar-refractivity contribution is 5.72. The summed E-state index contributed by atoms with van der Waals surface area (Å²) in [6.45, 7) is 5.48. The lowest BCUT2D eigenvalue weighted by molar-refractivity contribution is -0.146. The number of aliphatic hydroxyl groups is 1. The number of carbonyl (C=O) groups is 1. The minimum absolute atomic E-state index is 0.0112. The Balaban J connectivity index is 2.49. The van der Waals surface area contributed by atoms with Crippen molar-refractivity contribution in [3.05, 3.63) is 0 Å². The van der Waals surface area contributed by atoms with Crippen molar-refractivity contribution in [2.75, 3.05) is 0 Å². The second kappa shape index (κ2) is 3.87. The standard InChI is InChI=1S/C10H19NO3/c1-6(12)10(2,3)11-8-5-4-7(8)9(13)14/h6-8,11-12H,4-5H2,1-3H3,(H,13,14). The van der Waals surface area contributed by atoms with E-state index in [4.69, 9.17) is 5.11 Å². The van der Waals surface area contributed by atoms with Crippen molar-refractivity contribution < 1.29 is 15.0 Å². The summed E-state index contributed by atoms with van der Waals surface area (Å²) in [6, 6.07) is 0.0112. The van der Waals surface area contributed by atoms with E-state index < -0.39 is 17.6 Å². The summed E-state index contributed by atoms with van der Waals surface area (Å²) in [5.41, 5.74) is -0.418. The molecule has 0 radical (unpaired) electrons. The van der Waals surface area contributed by atoms with E-state index in [1.165, 1.54) is 0 Å². The number of nitrogens with one attached hydrogen (secondary N) is 1. The highest BCUT2D eigenvalue weighted by Gasteiger charge is 2.40. The Kier molecular flexibility index (Phi) is 3.17. The first kappa shape index (κ1) is 11.5. The molecular formula is C10H19NO3. The van der Waals surface area contributed by atoms with Gasteiger partial charge in [0.15, 0.2) is 0 Å². The van der Waals surface area contributed by atoms with Crippen molar-refractivity contribution in [2.45, 2.75) is 51.3 Å². The van der Waals surface area contributed by atoms with E-state index in [0.717, 1.165) is 12.8 Å². The Morgan fingerprint density at radius 3 is 2.36 bits per heavy atom. The molecule has 3 N–H and O–H groups in total. The molecule has 1 aliphatic carbocycles. The van der Waals surface area contributed by atoms with E-state index in [1.54, 1.807) is 6.92 Å². The summed E-state index contributed by atoms with van der Waals surface area (Å²) in [5, 5.41) is 21.5. The summed E-state index contributed by atoms with van der Waals surface area (Å²) >= 11 is 0. The number of carboxylic acids is 1. The van der Waals surface area contributed by atoms with Crippen LogP contribution in [0.25, 0.3) is 0 Å². The summed E-state index contributed by atoms with van der Waals surface area (Å²) in [5.74, 6) is -1.02. The molecule has 0 aromatic rings. The Hall–Kier alpha value is -0.610. The molecule has 0 aromatic carbocycles. The van der Waals surface area contributed by atoms with Gasteiger partial charge in [-0.15, -0.1) is 0 Å². The van der Waals surface area contributed by atoms with Crippen LogP contribution in [0.2, 0.25) is 0 Å². The van der Waals surface area contributed by atoms with Crippen LogP contribution >= 0.6 is 0 Å². The Bertz CT molecular complexity index is 225. The fraction of sp³-hybridized carbons (Fsp3) is 0.900. The first-order chi connectivity index (χ1) is 6.34. The molecule has 3 unspecified atom stereocenters. The van der Waals surface area contributed by atoms with Gasteiger partial charge < -0.3 is 15.5 Å². The van der Waals surface area contributed by atoms with E-state index in [-0.39, 0.29) is 12.0 Å². The van der Waals surface area contributed by atoms with Crippen LogP contribution in [0.1, 0.15) is 33.6 Å². The maximum atomic E-state index is 10.7. The van der Waals surface area contributed by atoms with Crippen LogP contribution in [-0.2, 0) is 4.79 Å². The van der Waals surface area contributed by atoms with Gasteiger partial charge in [0.2, 0.25) is 0 Å². The summed E-state index contributed by atoms with van der Waals surface area (Å²) in [6.07, 6.45) is 1.13. The minimum atomic E-state index is -0.741. The van der Waals surface area contributed by atoms with Gasteiger partial charge in [-0.3, -0.25) is 4.79 Å². The van der Waals surface area contributed by atoms with Crippen molar-refractivity contribution in [3.8, 4) is 0 Å². The molecular weight excluding hydrogens is 182 g/mol. The molecule has 82 valence electrons. The van der Waals surface area contributed by atoms with E-state index in [9.17, 15) is 9.90 Å². The summed E-state index contributed by atoms with van der Waals surface area (Å²) in [4.78, 5) is 10.7. The number of carboxylic acid groups (broad SMARTS) is 1. The second-order valence-corrected chi connectivity index (χ2v) is 4.67. The van der Waals surface area contributed by atoms with Crippen molar-refractivity contribution in [1.29, 1.82) is 0 Å². The number of hydrogen-bond acceptors (Lipinski definition) is 3. The molecule has 0 spiro atoms. The lowest BCUT2D eigenvalue weighted by atomic mass is 9.78. The highest BCUT2D eigenvalue weighted by Crippen LogP contribution is 2.29. The Labute approximate surface area is 84.3 Å². The molecule has 0 aliphatic heterocycles. The van der Waals surface area contributed by atoms with Gasteiger partial charge in [-0.05, 0) is 33.6 Å². The van der Waals surface area contributed by atoms with Gasteiger partial charge in [0, 0.05) is 11.6 Å². The van der Waals surface area contributed by atoms with Crippen molar-refractivity contribution in [1.82, 2.24) is 5.32 Å². The van der Waals surface area contributed by atoms with Crippen LogP contribution in [0.3, 0.4) is 0 Å². The summed E-state index contributed by atoms with van der Waals surface area (Å²) < 4.78 is 0. The largest absolute Gasteiger partial charge is 0.481 e. The smallest absolute Gasteiger partial charge is 0.308 e. The van der Waals surface area contributed by atoms with E-state index in [1.807, 2.05) is 13.8 Å². The first-order valence-corrected chi connectivity index (χ1v) is 5.03. The average Bonchev–Trinajstić information content (AvgIpc) is 1.97. The van der Waals surface area contributed by atoms with Gasteiger partial charge in [-0.2, -0.15) is 0 Å². The quantitative estimate of drug-likeness (QED) is 0.623. The predicted octanol–water partition coefficient (Wildman–Crippen LogP) is 0.599. The molecule has 0 heterocycles. The molecule has 1 rings (SSSR count). The van der Waals surface area contributed by atoms with Gasteiger partial charge in [0.25, 0.3) is 0 Å². The fourth-order valence-corrected chi connectivity index (χ4v) is 1.57. The number of hydrogen-bond donors (Lipinski definition) is 3. The zero-order chi connectivity index (χ0) is 10.9. The topological polar surface area (TPSA) is 69.6 Å². The fourth-order valence-electron chi connectivity index (χ4n) is 1.57. The molecule has 14 heavy (non-hydrogen) atoms. The normalized spacial score (nSPS) is 29.4. The maximum Gasteiger partial charge on any atom is 0.308 e. The average molecular weight is 201 g/mol. The van der Waals surface area contributed by atoms with Crippen LogP contribution in [0.4, 0.5) is 0 Å². The lowest BCUT2D eigenvalue weighted by Gasteiger charge is -2.41. The molecule has 3 atom stereocenters. The summed E-state index contributed by atoms with van der Waals surface area (Å²) in [7, 11) is 0. The highest BCUT2D eigenvalue weighted by atomic mass is 16.4. The van der Waals surface area contributed by atoms with Crippen LogP contribution in [-0.4, -0.2) is 33.9 Å². The van der Waals surface area contributed by atoms with Crippen LogP contribution in [0.5, 0.6) is 0 Å². The van der Waals surface area contributed by atoms with Gasteiger partial charge in [-0.1, -0.05) is 0 Å². The molecule has 1 saturated carbocycles. The number of aliphatic carboxylic acids is 1. The van der Waals surface area contributed by atoms with E-state index in [2.05, 4.69) is 5.32 Å². The van der Waals surface area contributed by atoms with Gasteiger partial charge in [-0.25, -0.2) is 0 Å². The second-order valence-electron chi connectivity index (χ2n) is 4.67. The van der Waals surface area contributed by atoms with Crippen LogP contribution in [0.15, 0.2) is 0 Å².